The number of para-hydroxylation sites is 1. The van der Waals surface area contributed by atoms with Crippen LogP contribution in [0.5, 0.6) is 0 Å². The van der Waals surface area contributed by atoms with E-state index in [1.165, 1.54) is 11.2 Å². The fraction of sp³-hybridized carbons (Fsp3) is 0.167. The van der Waals surface area contributed by atoms with Gasteiger partial charge in [0.25, 0.3) is 5.91 Å². The van der Waals surface area contributed by atoms with Crippen LogP contribution in [0.1, 0.15) is 5.56 Å². The molecule has 2 aliphatic heterocycles. The molecule has 1 amide bonds. The minimum absolute atomic E-state index is 0.232. The van der Waals surface area contributed by atoms with E-state index in [4.69, 9.17) is 4.74 Å². The topological polar surface area (TPSA) is 46.6 Å². The zero-order valence-electron chi connectivity index (χ0n) is 8.94. The first kappa shape index (κ1) is 10.5. The molecule has 2 aliphatic rings. The number of carbonyl (C=O) groups is 2. The third kappa shape index (κ3) is 1.02. The molecule has 0 bridgehead atoms. The molecular formula is C12H8BrNO3. The van der Waals surface area contributed by atoms with Crippen molar-refractivity contribution in [3.63, 3.8) is 0 Å². The van der Waals surface area contributed by atoms with E-state index in [2.05, 4.69) is 15.9 Å². The van der Waals surface area contributed by atoms with E-state index < -0.39 is 5.60 Å². The summed E-state index contributed by atoms with van der Waals surface area (Å²) in [5, 5.41) is 0. The van der Waals surface area contributed by atoms with Gasteiger partial charge in [0.15, 0.2) is 6.29 Å². The third-order valence-electron chi connectivity index (χ3n) is 3.20. The number of hydrogen-bond acceptors (Lipinski definition) is 3. The molecule has 0 unspecified atom stereocenters. The largest absolute Gasteiger partial charge is 0.474 e. The molecule has 0 radical (unpaired) electrons. The number of halogens is 1. The molecule has 17 heavy (non-hydrogen) atoms. The summed E-state index contributed by atoms with van der Waals surface area (Å²) >= 11 is 3.40. The monoisotopic (exact) mass is 293 g/mol. The van der Waals surface area contributed by atoms with Crippen molar-refractivity contribution in [2.24, 2.45) is 0 Å². The molecule has 0 aromatic heterocycles. The second-order valence-electron chi connectivity index (χ2n) is 3.99. The smallest absolute Gasteiger partial charge is 0.280 e. The first-order valence-electron chi connectivity index (χ1n) is 5.03. The number of ether oxygens (including phenoxy) is 1. The first-order valence-corrected chi connectivity index (χ1v) is 5.83. The summed E-state index contributed by atoms with van der Waals surface area (Å²) in [6.07, 6.45) is 2.00. The van der Waals surface area contributed by atoms with Crippen LogP contribution in [-0.2, 0) is 19.9 Å². The molecule has 1 aromatic rings. The van der Waals surface area contributed by atoms with Gasteiger partial charge in [0.2, 0.25) is 5.60 Å². The Labute approximate surface area is 106 Å². The fourth-order valence-corrected chi connectivity index (χ4v) is 2.97. The Balaban J connectivity index is 2.30. The molecule has 5 heteroatoms. The molecule has 0 N–H and O–H groups in total. The van der Waals surface area contributed by atoms with Gasteiger partial charge in [-0.15, -0.1) is 0 Å². The van der Waals surface area contributed by atoms with Crippen LogP contribution in [0.2, 0.25) is 0 Å². The lowest BCUT2D eigenvalue weighted by atomic mass is 9.85. The van der Waals surface area contributed by atoms with Crippen LogP contribution in [0.15, 0.2) is 34.5 Å². The molecule has 4 nitrogen and oxygen atoms in total. The lowest BCUT2D eigenvalue weighted by Gasteiger charge is -2.34. The van der Waals surface area contributed by atoms with Crippen molar-refractivity contribution >= 4 is 33.8 Å². The zero-order valence-corrected chi connectivity index (χ0v) is 10.5. The number of fused-ring (bicyclic) bond motifs is 2. The summed E-state index contributed by atoms with van der Waals surface area (Å²) in [4.78, 5) is 24.7. The predicted molar refractivity (Wildman–Crippen MR) is 64.5 cm³/mol. The Bertz CT molecular complexity index is 581. The maximum absolute atomic E-state index is 12.3. The van der Waals surface area contributed by atoms with E-state index in [1.807, 2.05) is 12.1 Å². The highest BCUT2D eigenvalue weighted by Gasteiger charge is 2.59. The first-order chi connectivity index (χ1) is 8.13. The highest BCUT2D eigenvalue weighted by atomic mass is 79.9. The van der Waals surface area contributed by atoms with Crippen molar-refractivity contribution in [2.75, 3.05) is 11.9 Å². The predicted octanol–water partition coefficient (Wildman–Crippen LogP) is 1.73. The van der Waals surface area contributed by atoms with Crippen molar-refractivity contribution in [1.29, 1.82) is 0 Å². The number of likely N-dealkylation sites (N-methyl/N-ethyl adjacent to an activating group) is 1. The summed E-state index contributed by atoms with van der Waals surface area (Å²) in [6, 6.07) is 5.48. The van der Waals surface area contributed by atoms with E-state index in [0.29, 0.717) is 17.4 Å². The molecule has 1 spiro atoms. The van der Waals surface area contributed by atoms with Crippen molar-refractivity contribution in [3.05, 3.63) is 40.1 Å². The molecule has 86 valence electrons. The van der Waals surface area contributed by atoms with Crippen molar-refractivity contribution in [2.45, 2.75) is 5.60 Å². The molecule has 0 fully saturated rings. The van der Waals surface area contributed by atoms with Gasteiger partial charge >= 0.3 is 0 Å². The van der Waals surface area contributed by atoms with Crippen LogP contribution in [-0.4, -0.2) is 19.2 Å². The summed E-state index contributed by atoms with van der Waals surface area (Å²) in [6.45, 7) is 0. The molecule has 1 aromatic carbocycles. The Kier molecular flexibility index (Phi) is 1.98. The van der Waals surface area contributed by atoms with Gasteiger partial charge in [-0.2, -0.15) is 0 Å². The van der Waals surface area contributed by atoms with E-state index in [1.54, 1.807) is 13.1 Å². The van der Waals surface area contributed by atoms with Crippen LogP contribution < -0.4 is 4.90 Å². The van der Waals surface area contributed by atoms with Gasteiger partial charge < -0.3 is 9.64 Å². The molecule has 0 aliphatic carbocycles. The fourth-order valence-electron chi connectivity index (χ4n) is 2.34. The van der Waals surface area contributed by atoms with Crippen molar-refractivity contribution in [1.82, 2.24) is 0 Å². The number of nitrogens with zero attached hydrogens (tertiary/aromatic N) is 1. The minimum Gasteiger partial charge on any atom is -0.474 e. The van der Waals surface area contributed by atoms with Crippen molar-refractivity contribution < 1.29 is 14.3 Å². The number of aldehydes is 1. The number of carbonyl (C=O) groups excluding carboxylic acids is 2. The van der Waals surface area contributed by atoms with E-state index in [9.17, 15) is 9.59 Å². The lowest BCUT2D eigenvalue weighted by molar-refractivity contribution is -0.139. The SMILES string of the molecule is CN1C(=O)[C@@]2(OC=C2C=O)c2cccc(Br)c21. The highest BCUT2D eigenvalue weighted by Crippen LogP contribution is 2.52. The average Bonchev–Trinajstić information content (AvgIpc) is 2.51. The summed E-state index contributed by atoms with van der Waals surface area (Å²) in [7, 11) is 1.67. The van der Waals surface area contributed by atoms with Gasteiger partial charge in [0, 0.05) is 17.1 Å². The van der Waals surface area contributed by atoms with Crippen LogP contribution in [0.4, 0.5) is 5.69 Å². The Morgan fingerprint density at radius 2 is 2.24 bits per heavy atom. The lowest BCUT2D eigenvalue weighted by Crippen LogP contribution is -2.46. The van der Waals surface area contributed by atoms with Gasteiger partial charge in [-0.1, -0.05) is 12.1 Å². The maximum Gasteiger partial charge on any atom is 0.280 e. The average molecular weight is 294 g/mol. The molecule has 1 atom stereocenters. The number of rotatable bonds is 1. The molecule has 3 rings (SSSR count). The van der Waals surface area contributed by atoms with Crippen molar-refractivity contribution in [3.8, 4) is 0 Å². The number of hydrogen-bond donors (Lipinski definition) is 0. The second-order valence-corrected chi connectivity index (χ2v) is 4.84. The number of anilines is 1. The number of benzene rings is 1. The van der Waals surface area contributed by atoms with Gasteiger partial charge in [-0.05, 0) is 22.0 Å². The van der Waals surface area contributed by atoms with E-state index in [0.717, 1.165) is 10.2 Å². The molecule has 2 heterocycles. The standard InChI is InChI=1S/C12H8BrNO3/c1-14-10-8(3-2-4-9(10)13)12(11(14)16)7(5-15)6-17-12/h2-6H,1H3/t12-/m0/s1. The quantitative estimate of drug-likeness (QED) is 0.741. The maximum atomic E-state index is 12.3. The minimum atomic E-state index is -1.21. The Hall–Kier alpha value is -1.62. The van der Waals surface area contributed by atoms with Crippen LogP contribution >= 0.6 is 15.9 Å². The van der Waals surface area contributed by atoms with E-state index >= 15 is 0 Å². The molecular weight excluding hydrogens is 286 g/mol. The third-order valence-corrected chi connectivity index (χ3v) is 3.84. The van der Waals surface area contributed by atoms with E-state index in [-0.39, 0.29) is 5.91 Å². The van der Waals surface area contributed by atoms with Gasteiger partial charge in [-0.25, -0.2) is 0 Å². The Morgan fingerprint density at radius 3 is 2.82 bits per heavy atom. The second kappa shape index (κ2) is 3.20. The Morgan fingerprint density at radius 1 is 1.47 bits per heavy atom. The van der Waals surface area contributed by atoms with Crippen LogP contribution in [0.25, 0.3) is 0 Å². The normalized spacial score (nSPS) is 25.2. The van der Waals surface area contributed by atoms with Gasteiger partial charge in [0.1, 0.15) is 0 Å². The zero-order chi connectivity index (χ0) is 12.2. The molecule has 0 saturated heterocycles. The summed E-state index contributed by atoms with van der Waals surface area (Å²) in [5.41, 5.74) is 0.621. The van der Waals surface area contributed by atoms with Crippen LogP contribution in [0, 0.1) is 0 Å². The summed E-state index contributed by atoms with van der Waals surface area (Å²) < 4.78 is 6.15. The number of amides is 1. The van der Waals surface area contributed by atoms with Crippen LogP contribution in [0.3, 0.4) is 0 Å². The van der Waals surface area contributed by atoms with Gasteiger partial charge in [-0.3, -0.25) is 9.59 Å². The summed E-state index contributed by atoms with van der Waals surface area (Å²) in [5.74, 6) is -0.232. The highest BCUT2D eigenvalue weighted by molar-refractivity contribution is 9.10. The molecule has 0 saturated carbocycles. The van der Waals surface area contributed by atoms with Gasteiger partial charge in [0.05, 0.1) is 17.5 Å².